The van der Waals surface area contributed by atoms with Crippen LogP contribution in [0.25, 0.3) is 0 Å². The molecule has 2 aromatic carbocycles. The molecule has 2 atom stereocenters. The van der Waals surface area contributed by atoms with Gasteiger partial charge in [0.15, 0.2) is 6.10 Å². The van der Waals surface area contributed by atoms with E-state index in [9.17, 15) is 4.79 Å². The number of hydrogen-bond acceptors (Lipinski definition) is 2. The fourth-order valence-electron chi connectivity index (χ4n) is 2.96. The molecular formula is C22H29NO2. The molecule has 0 aliphatic rings. The molecule has 0 heterocycles. The Bertz CT molecular complexity index is 703. The first-order valence-electron chi connectivity index (χ1n) is 9.09. The topological polar surface area (TPSA) is 38.3 Å². The van der Waals surface area contributed by atoms with Crippen molar-refractivity contribution < 1.29 is 9.53 Å². The van der Waals surface area contributed by atoms with Gasteiger partial charge < -0.3 is 10.1 Å². The third-order valence-corrected chi connectivity index (χ3v) is 4.48. The lowest BCUT2D eigenvalue weighted by molar-refractivity contribution is -0.122. The summed E-state index contributed by atoms with van der Waals surface area (Å²) in [5.41, 5.74) is 4.24. The maximum atomic E-state index is 12.7. The zero-order valence-corrected chi connectivity index (χ0v) is 15.9. The number of rotatable bonds is 7. The highest BCUT2D eigenvalue weighted by atomic mass is 16.5. The fraction of sp³-hybridized carbons (Fsp3) is 0.409. The molecule has 25 heavy (non-hydrogen) atoms. The standard InChI is InChI=1S/C22H29NO2/c1-6-17(5)19-10-8-9-11-21(19)25-20(7-2)22(24)23-18-13-15(3)12-16(4)14-18/h8-14,17,20H,6-7H2,1-5H3,(H,23,24). The Morgan fingerprint density at radius 3 is 2.28 bits per heavy atom. The monoisotopic (exact) mass is 339 g/mol. The van der Waals surface area contributed by atoms with Gasteiger partial charge in [0.1, 0.15) is 5.75 Å². The Hall–Kier alpha value is -2.29. The van der Waals surface area contributed by atoms with E-state index in [-0.39, 0.29) is 5.91 Å². The molecule has 3 nitrogen and oxygen atoms in total. The molecule has 2 unspecified atom stereocenters. The van der Waals surface area contributed by atoms with Gasteiger partial charge in [-0.25, -0.2) is 0 Å². The van der Waals surface area contributed by atoms with Crippen LogP contribution in [0.3, 0.4) is 0 Å². The van der Waals surface area contributed by atoms with E-state index in [0.29, 0.717) is 12.3 Å². The third-order valence-electron chi connectivity index (χ3n) is 4.48. The summed E-state index contributed by atoms with van der Waals surface area (Å²) in [4.78, 5) is 12.7. The van der Waals surface area contributed by atoms with Crippen molar-refractivity contribution >= 4 is 11.6 Å². The number of anilines is 1. The number of benzene rings is 2. The predicted molar refractivity (Wildman–Crippen MR) is 104 cm³/mol. The summed E-state index contributed by atoms with van der Waals surface area (Å²) in [6, 6.07) is 14.0. The smallest absolute Gasteiger partial charge is 0.265 e. The lowest BCUT2D eigenvalue weighted by Gasteiger charge is -2.21. The normalized spacial score (nSPS) is 13.2. The summed E-state index contributed by atoms with van der Waals surface area (Å²) < 4.78 is 6.10. The average molecular weight is 339 g/mol. The van der Waals surface area contributed by atoms with Crippen molar-refractivity contribution in [2.24, 2.45) is 0 Å². The van der Waals surface area contributed by atoms with Gasteiger partial charge in [-0.2, -0.15) is 0 Å². The lowest BCUT2D eigenvalue weighted by atomic mass is 9.98. The molecule has 2 aromatic rings. The van der Waals surface area contributed by atoms with E-state index in [1.807, 2.05) is 51.1 Å². The number of para-hydroxylation sites is 1. The number of amides is 1. The van der Waals surface area contributed by atoms with Gasteiger partial charge >= 0.3 is 0 Å². The van der Waals surface area contributed by atoms with Gasteiger partial charge in [0.2, 0.25) is 0 Å². The quantitative estimate of drug-likeness (QED) is 0.711. The predicted octanol–water partition coefficient (Wildman–Crippen LogP) is 5.61. The van der Waals surface area contributed by atoms with Crippen LogP contribution in [0.1, 0.15) is 56.2 Å². The summed E-state index contributed by atoms with van der Waals surface area (Å²) in [5, 5.41) is 2.99. The highest BCUT2D eigenvalue weighted by Gasteiger charge is 2.21. The lowest BCUT2D eigenvalue weighted by Crippen LogP contribution is -2.32. The van der Waals surface area contributed by atoms with E-state index in [1.54, 1.807) is 0 Å². The molecule has 0 aromatic heterocycles. The molecule has 0 bridgehead atoms. The summed E-state index contributed by atoms with van der Waals surface area (Å²) >= 11 is 0. The average Bonchev–Trinajstić information content (AvgIpc) is 2.58. The van der Waals surface area contributed by atoms with Crippen LogP contribution in [0.4, 0.5) is 5.69 Å². The van der Waals surface area contributed by atoms with Crippen LogP contribution in [0.15, 0.2) is 42.5 Å². The van der Waals surface area contributed by atoms with E-state index >= 15 is 0 Å². The third kappa shape index (κ3) is 5.09. The zero-order valence-electron chi connectivity index (χ0n) is 15.9. The number of nitrogens with one attached hydrogen (secondary N) is 1. The van der Waals surface area contributed by atoms with Gasteiger partial charge in [-0.05, 0) is 67.5 Å². The molecule has 134 valence electrons. The highest BCUT2D eigenvalue weighted by molar-refractivity contribution is 5.94. The zero-order chi connectivity index (χ0) is 18.4. The van der Waals surface area contributed by atoms with Crippen molar-refractivity contribution in [3.63, 3.8) is 0 Å². The summed E-state index contributed by atoms with van der Waals surface area (Å²) in [5.74, 6) is 1.10. The first-order valence-corrected chi connectivity index (χ1v) is 9.09. The second-order valence-corrected chi connectivity index (χ2v) is 6.73. The SMILES string of the molecule is CCC(Oc1ccccc1C(C)CC)C(=O)Nc1cc(C)cc(C)c1. The number of ether oxygens (including phenoxy) is 1. The van der Waals surface area contributed by atoms with Gasteiger partial charge in [-0.1, -0.05) is 45.0 Å². The van der Waals surface area contributed by atoms with Crippen LogP contribution < -0.4 is 10.1 Å². The second-order valence-electron chi connectivity index (χ2n) is 6.73. The van der Waals surface area contributed by atoms with Gasteiger partial charge in [0, 0.05) is 5.69 Å². The summed E-state index contributed by atoms with van der Waals surface area (Å²) in [7, 11) is 0. The Kier molecular flexibility index (Phi) is 6.63. The van der Waals surface area contributed by atoms with Crippen molar-refractivity contribution in [3.8, 4) is 5.75 Å². The number of carbonyl (C=O) groups is 1. The van der Waals surface area contributed by atoms with Crippen molar-refractivity contribution in [3.05, 3.63) is 59.2 Å². The van der Waals surface area contributed by atoms with Crippen molar-refractivity contribution in [2.45, 2.75) is 59.5 Å². The molecule has 0 aliphatic heterocycles. The first-order chi connectivity index (χ1) is 11.9. The number of hydrogen-bond donors (Lipinski definition) is 1. The highest BCUT2D eigenvalue weighted by Crippen LogP contribution is 2.29. The molecule has 0 fully saturated rings. The minimum Gasteiger partial charge on any atom is -0.480 e. The summed E-state index contributed by atoms with van der Waals surface area (Å²) in [6.45, 7) is 10.4. The molecule has 1 amide bonds. The largest absolute Gasteiger partial charge is 0.480 e. The van der Waals surface area contributed by atoms with Crippen LogP contribution in [0, 0.1) is 13.8 Å². The van der Waals surface area contributed by atoms with Crippen LogP contribution >= 0.6 is 0 Å². The Morgan fingerprint density at radius 1 is 1.04 bits per heavy atom. The molecule has 1 N–H and O–H groups in total. The Labute approximate surface area is 151 Å². The molecule has 0 saturated heterocycles. The maximum absolute atomic E-state index is 12.7. The minimum atomic E-state index is -0.508. The minimum absolute atomic E-state index is 0.105. The first kappa shape index (κ1) is 19.0. The Balaban J connectivity index is 2.16. The molecule has 0 saturated carbocycles. The van der Waals surface area contributed by atoms with Crippen LogP contribution in [0.5, 0.6) is 5.75 Å². The fourth-order valence-corrected chi connectivity index (χ4v) is 2.96. The number of aryl methyl sites for hydroxylation is 2. The molecule has 0 spiro atoms. The van der Waals surface area contributed by atoms with E-state index in [0.717, 1.165) is 34.5 Å². The van der Waals surface area contributed by atoms with Gasteiger partial charge in [-0.3, -0.25) is 4.79 Å². The molecule has 3 heteroatoms. The van der Waals surface area contributed by atoms with Gasteiger partial charge in [0.05, 0.1) is 0 Å². The van der Waals surface area contributed by atoms with E-state index in [4.69, 9.17) is 4.74 Å². The van der Waals surface area contributed by atoms with Gasteiger partial charge in [0.25, 0.3) is 5.91 Å². The Morgan fingerprint density at radius 2 is 1.68 bits per heavy atom. The molecular weight excluding hydrogens is 310 g/mol. The van der Waals surface area contributed by atoms with Crippen LogP contribution in [-0.2, 0) is 4.79 Å². The van der Waals surface area contributed by atoms with E-state index < -0.39 is 6.10 Å². The van der Waals surface area contributed by atoms with Gasteiger partial charge in [-0.15, -0.1) is 0 Å². The van der Waals surface area contributed by atoms with Crippen molar-refractivity contribution in [1.82, 2.24) is 0 Å². The van der Waals surface area contributed by atoms with Crippen LogP contribution in [0.2, 0.25) is 0 Å². The van der Waals surface area contributed by atoms with Crippen molar-refractivity contribution in [1.29, 1.82) is 0 Å². The van der Waals surface area contributed by atoms with E-state index in [1.165, 1.54) is 0 Å². The second kappa shape index (κ2) is 8.70. The van der Waals surface area contributed by atoms with Crippen LogP contribution in [-0.4, -0.2) is 12.0 Å². The molecule has 0 aliphatic carbocycles. The summed E-state index contributed by atoms with van der Waals surface area (Å²) in [6.07, 6.45) is 1.14. The molecule has 0 radical (unpaired) electrons. The maximum Gasteiger partial charge on any atom is 0.265 e. The van der Waals surface area contributed by atoms with Crippen molar-refractivity contribution in [2.75, 3.05) is 5.32 Å². The molecule has 2 rings (SSSR count). The number of carbonyl (C=O) groups excluding carboxylic acids is 1. The van der Waals surface area contributed by atoms with E-state index in [2.05, 4.69) is 31.3 Å².